The molecule has 0 aliphatic rings. The Labute approximate surface area is 249 Å². The van der Waals surface area contributed by atoms with E-state index >= 15 is 0 Å². The molecule has 2 aromatic carbocycles. The summed E-state index contributed by atoms with van der Waals surface area (Å²) in [6.45, 7) is 21.0. The van der Waals surface area contributed by atoms with Crippen molar-refractivity contribution in [3.63, 3.8) is 0 Å². The molecule has 0 aliphatic carbocycles. The molecule has 1 nitrogen and oxygen atoms in total. The fourth-order valence-corrected chi connectivity index (χ4v) is 4.34. The van der Waals surface area contributed by atoms with E-state index in [9.17, 15) is 5.11 Å². The molecule has 1 N–H and O–H groups in total. The van der Waals surface area contributed by atoms with E-state index in [0.29, 0.717) is 5.75 Å². The van der Waals surface area contributed by atoms with Crippen LogP contribution in [0.25, 0.3) is 12.2 Å². The van der Waals surface area contributed by atoms with Crippen molar-refractivity contribution < 1.29 is 5.11 Å². The summed E-state index contributed by atoms with van der Waals surface area (Å²) in [5.74, 6) is 0.362. The van der Waals surface area contributed by atoms with Gasteiger partial charge < -0.3 is 5.11 Å². The molecule has 1 heteroatoms. The monoisotopic (exact) mass is 544 g/mol. The molecule has 0 radical (unpaired) electrons. The smallest absolute Gasteiger partial charge is 0.119 e. The third-order valence-electron chi connectivity index (χ3n) is 7.42. The molecule has 0 saturated heterocycles. The third kappa shape index (κ3) is 10.8. The van der Waals surface area contributed by atoms with Gasteiger partial charge in [0.05, 0.1) is 0 Å². The Morgan fingerprint density at radius 2 is 0.902 bits per heavy atom. The first-order valence-electron chi connectivity index (χ1n) is 14.3. The Morgan fingerprint density at radius 3 is 1.41 bits per heavy atom. The van der Waals surface area contributed by atoms with Crippen LogP contribution in [0.1, 0.15) is 72.2 Å². The zero-order chi connectivity index (χ0) is 30.5. The van der Waals surface area contributed by atoms with Crippen LogP contribution in [0.2, 0.25) is 0 Å². The topological polar surface area (TPSA) is 20.2 Å². The predicted molar refractivity (Wildman–Crippen MR) is 183 cm³/mol. The number of hydrogen-bond donors (Lipinski definition) is 1. The minimum Gasteiger partial charge on any atom is -0.508 e. The van der Waals surface area contributed by atoms with Crippen LogP contribution in [0.3, 0.4) is 0 Å². The fourth-order valence-electron chi connectivity index (χ4n) is 4.34. The van der Waals surface area contributed by atoms with Crippen molar-refractivity contribution in [2.75, 3.05) is 0 Å². The van der Waals surface area contributed by atoms with E-state index in [0.717, 1.165) is 16.7 Å². The lowest BCUT2D eigenvalue weighted by atomic mass is 9.96. The van der Waals surface area contributed by atoms with E-state index in [4.69, 9.17) is 0 Å². The van der Waals surface area contributed by atoms with Crippen LogP contribution < -0.4 is 0 Å². The highest BCUT2D eigenvalue weighted by Gasteiger charge is 2.07. The number of allylic oxidation sites excluding steroid dienone is 16. The zero-order valence-electron chi connectivity index (χ0n) is 26.8. The van der Waals surface area contributed by atoms with Crippen molar-refractivity contribution in [3.8, 4) is 5.75 Å². The van der Waals surface area contributed by atoms with Crippen molar-refractivity contribution in [3.05, 3.63) is 158 Å². The zero-order valence-corrected chi connectivity index (χ0v) is 26.8. The number of rotatable bonds is 10. The number of aryl methyl sites for hydroxylation is 3. The van der Waals surface area contributed by atoms with Gasteiger partial charge in [-0.25, -0.2) is 0 Å². The molecular weight excluding hydrogens is 496 g/mol. The predicted octanol–water partition coefficient (Wildman–Crippen LogP) is 11.4. The lowest BCUT2D eigenvalue weighted by Gasteiger charge is -2.10. The molecule has 0 spiro atoms. The van der Waals surface area contributed by atoms with Gasteiger partial charge in [-0.15, -0.1) is 0 Å². The number of hydrogen-bond acceptors (Lipinski definition) is 1. The molecule has 0 aromatic heterocycles. The maximum absolute atomic E-state index is 10.0. The summed E-state index contributed by atoms with van der Waals surface area (Å²) >= 11 is 0. The summed E-state index contributed by atoms with van der Waals surface area (Å²) in [4.78, 5) is 0. The molecule has 41 heavy (non-hydrogen) atoms. The number of benzene rings is 2. The Hall–Kier alpha value is -4.10. The van der Waals surface area contributed by atoms with Gasteiger partial charge in [-0.1, -0.05) is 119 Å². The summed E-state index contributed by atoms with van der Waals surface area (Å²) in [5.41, 5.74) is 14.4. The first-order chi connectivity index (χ1) is 19.4. The van der Waals surface area contributed by atoms with Crippen LogP contribution in [0.5, 0.6) is 5.75 Å². The summed E-state index contributed by atoms with van der Waals surface area (Å²) in [7, 11) is 0. The van der Waals surface area contributed by atoms with Gasteiger partial charge in [0.2, 0.25) is 0 Å². The van der Waals surface area contributed by atoms with Crippen molar-refractivity contribution in [1.82, 2.24) is 0 Å². The van der Waals surface area contributed by atoms with E-state index in [-0.39, 0.29) is 0 Å². The molecule has 214 valence electrons. The second-order valence-electron chi connectivity index (χ2n) is 11.0. The SMILES string of the molecule is CC(C=CC=C(C)C=Cc1c(C)ccc(C)c1C)=CC=CC=C(C)C=CC=C(C)C=Cc1c(C)cc(O)c(C)c1C. The van der Waals surface area contributed by atoms with Gasteiger partial charge in [-0.2, -0.15) is 0 Å². The van der Waals surface area contributed by atoms with Crippen LogP contribution in [0.4, 0.5) is 0 Å². The average molecular weight is 545 g/mol. The molecule has 2 rings (SSSR count). The lowest BCUT2D eigenvalue weighted by molar-refractivity contribution is 0.470. The maximum atomic E-state index is 10.0. The molecule has 0 amide bonds. The third-order valence-corrected chi connectivity index (χ3v) is 7.42. The summed E-state index contributed by atoms with van der Waals surface area (Å²) in [6, 6.07) is 6.21. The van der Waals surface area contributed by atoms with Crippen molar-refractivity contribution in [2.45, 2.75) is 69.2 Å². The van der Waals surface area contributed by atoms with Crippen LogP contribution in [-0.4, -0.2) is 5.11 Å². The van der Waals surface area contributed by atoms with Gasteiger partial charge in [0.25, 0.3) is 0 Å². The molecular formula is C40H48O. The average Bonchev–Trinajstić information content (AvgIpc) is 2.92. The van der Waals surface area contributed by atoms with E-state index in [1.54, 1.807) is 0 Å². The van der Waals surface area contributed by atoms with Crippen LogP contribution in [0.15, 0.2) is 113 Å². The standard InChI is InChI=1S/C40H48O/c1-28(17-13-19-30(3)21-25-38-33(6)24-23-32(5)35(38)8)15-11-12-16-29(2)18-14-20-31(4)22-26-39-34(7)27-40(41)37(10)36(39)9/h11-27,41H,1-10H3. The Kier molecular flexibility index (Phi) is 13.1. The van der Waals surface area contributed by atoms with Gasteiger partial charge in [-0.05, 0) is 120 Å². The molecule has 0 atom stereocenters. The fraction of sp³-hybridized carbons (Fsp3) is 0.250. The summed E-state index contributed by atoms with van der Waals surface area (Å²) in [6.07, 6.45) is 29.7. The molecule has 0 bridgehead atoms. The molecule has 2 aromatic rings. The van der Waals surface area contributed by atoms with Crippen LogP contribution in [0, 0.1) is 41.5 Å². The van der Waals surface area contributed by atoms with Crippen molar-refractivity contribution >= 4 is 12.2 Å². The van der Waals surface area contributed by atoms with Crippen LogP contribution in [-0.2, 0) is 0 Å². The number of phenols is 1. The molecule has 0 aliphatic heterocycles. The van der Waals surface area contributed by atoms with Crippen molar-refractivity contribution in [2.24, 2.45) is 0 Å². The summed E-state index contributed by atoms with van der Waals surface area (Å²) in [5, 5.41) is 10.0. The number of aromatic hydroxyl groups is 1. The highest BCUT2D eigenvalue weighted by molar-refractivity contribution is 5.64. The highest BCUT2D eigenvalue weighted by Crippen LogP contribution is 2.27. The van der Waals surface area contributed by atoms with E-state index < -0.39 is 0 Å². The molecule has 0 heterocycles. The highest BCUT2D eigenvalue weighted by atomic mass is 16.3. The minimum absolute atomic E-state index is 0.362. The number of phenolic OH excluding ortho intramolecular Hbond substituents is 1. The molecule has 0 unspecified atom stereocenters. The van der Waals surface area contributed by atoms with Gasteiger partial charge in [-0.3, -0.25) is 0 Å². The first kappa shape index (κ1) is 33.1. The van der Waals surface area contributed by atoms with Gasteiger partial charge >= 0.3 is 0 Å². The molecule has 0 saturated carbocycles. The second kappa shape index (κ2) is 16.2. The minimum atomic E-state index is 0.362. The quantitative estimate of drug-likeness (QED) is 0.295. The van der Waals surface area contributed by atoms with Crippen molar-refractivity contribution in [1.29, 1.82) is 0 Å². The van der Waals surface area contributed by atoms with Gasteiger partial charge in [0, 0.05) is 0 Å². The summed E-state index contributed by atoms with van der Waals surface area (Å²) < 4.78 is 0. The van der Waals surface area contributed by atoms with E-state index in [1.807, 2.05) is 19.9 Å². The Bertz CT molecular complexity index is 1500. The normalized spacial score (nSPS) is 14.3. The van der Waals surface area contributed by atoms with Gasteiger partial charge in [0.15, 0.2) is 0 Å². The molecule has 0 fully saturated rings. The second-order valence-corrected chi connectivity index (χ2v) is 11.0. The van der Waals surface area contributed by atoms with Gasteiger partial charge in [0.1, 0.15) is 5.75 Å². The Morgan fingerprint density at radius 1 is 0.488 bits per heavy atom. The largest absolute Gasteiger partial charge is 0.508 e. The van der Waals surface area contributed by atoms with E-state index in [1.165, 1.54) is 50.1 Å². The van der Waals surface area contributed by atoms with Crippen LogP contribution >= 0.6 is 0 Å². The maximum Gasteiger partial charge on any atom is 0.119 e. The lowest BCUT2D eigenvalue weighted by Crippen LogP contribution is -1.91. The Balaban J connectivity index is 1.93. The first-order valence-corrected chi connectivity index (χ1v) is 14.3. The van der Waals surface area contributed by atoms with E-state index in [2.05, 4.69) is 153 Å².